The number of aryl methyl sites for hydroxylation is 1. The zero-order chi connectivity index (χ0) is 20.2. The van der Waals surface area contributed by atoms with E-state index in [1.165, 1.54) is 18.2 Å². The fourth-order valence-electron chi connectivity index (χ4n) is 3.92. The second-order valence-electron chi connectivity index (χ2n) is 7.53. The summed E-state index contributed by atoms with van der Waals surface area (Å²) in [6.45, 7) is 1.97. The molecule has 1 aromatic heterocycles. The minimum absolute atomic E-state index is 0.00399. The Balaban J connectivity index is 1.61. The maximum absolute atomic E-state index is 13.2. The molecule has 3 aromatic rings. The molecular formula is C23H25N3O2S. The van der Waals surface area contributed by atoms with Crippen molar-refractivity contribution in [3.8, 4) is 0 Å². The topological polar surface area (TPSA) is 64.0 Å². The monoisotopic (exact) mass is 407 g/mol. The smallest absolute Gasteiger partial charge is 0.262 e. The van der Waals surface area contributed by atoms with Crippen LogP contribution in [0.1, 0.15) is 43.7 Å². The predicted molar refractivity (Wildman–Crippen MR) is 119 cm³/mol. The first-order chi connectivity index (χ1) is 14.1. The van der Waals surface area contributed by atoms with Crippen LogP contribution in [0, 0.1) is 6.92 Å². The molecule has 0 aliphatic heterocycles. The molecule has 1 saturated carbocycles. The first-order valence-corrected chi connectivity index (χ1v) is 11.1. The highest BCUT2D eigenvalue weighted by Gasteiger charge is 2.22. The molecule has 0 saturated heterocycles. The summed E-state index contributed by atoms with van der Waals surface area (Å²) in [4.78, 5) is 30.5. The maximum Gasteiger partial charge on any atom is 0.262 e. The van der Waals surface area contributed by atoms with Gasteiger partial charge in [0.15, 0.2) is 5.16 Å². The molecule has 1 fully saturated rings. The van der Waals surface area contributed by atoms with Gasteiger partial charge in [0.05, 0.1) is 16.7 Å². The summed E-state index contributed by atoms with van der Waals surface area (Å²) in [5, 5.41) is 4.24. The molecular weight excluding hydrogens is 382 g/mol. The molecule has 1 aliphatic carbocycles. The van der Waals surface area contributed by atoms with E-state index < -0.39 is 0 Å². The SMILES string of the molecule is Cc1ccccc1NC(=O)CSc1nc2ccccc2c(=O)n1C1CCCCC1. The number of anilines is 1. The first kappa shape index (κ1) is 19.7. The summed E-state index contributed by atoms with van der Waals surface area (Å²) < 4.78 is 1.84. The largest absolute Gasteiger partial charge is 0.325 e. The Kier molecular flexibility index (Phi) is 6.00. The first-order valence-electron chi connectivity index (χ1n) is 10.1. The van der Waals surface area contributed by atoms with E-state index in [0.29, 0.717) is 16.1 Å². The van der Waals surface area contributed by atoms with Gasteiger partial charge in [-0.1, -0.05) is 61.4 Å². The second-order valence-corrected chi connectivity index (χ2v) is 8.47. The number of nitrogens with zero attached hydrogens (tertiary/aromatic N) is 2. The van der Waals surface area contributed by atoms with E-state index in [1.54, 1.807) is 0 Å². The number of benzene rings is 2. The van der Waals surface area contributed by atoms with Crippen LogP contribution in [-0.2, 0) is 4.79 Å². The van der Waals surface area contributed by atoms with Gasteiger partial charge in [-0.25, -0.2) is 4.98 Å². The van der Waals surface area contributed by atoms with Crippen LogP contribution >= 0.6 is 11.8 Å². The zero-order valence-corrected chi connectivity index (χ0v) is 17.4. The minimum atomic E-state index is -0.0955. The summed E-state index contributed by atoms with van der Waals surface area (Å²) in [6, 6.07) is 15.3. The average molecular weight is 408 g/mol. The molecule has 0 spiro atoms. The highest BCUT2D eigenvalue weighted by Crippen LogP contribution is 2.31. The summed E-state index contributed by atoms with van der Waals surface area (Å²) >= 11 is 1.34. The molecule has 5 nitrogen and oxygen atoms in total. The fraction of sp³-hybridized carbons (Fsp3) is 0.348. The van der Waals surface area contributed by atoms with Crippen molar-refractivity contribution < 1.29 is 4.79 Å². The van der Waals surface area contributed by atoms with E-state index in [9.17, 15) is 9.59 Å². The van der Waals surface area contributed by atoms with Gasteiger partial charge in [-0.2, -0.15) is 0 Å². The van der Waals surface area contributed by atoms with Crippen molar-refractivity contribution >= 4 is 34.3 Å². The lowest BCUT2D eigenvalue weighted by Crippen LogP contribution is -2.29. The van der Waals surface area contributed by atoms with Crippen molar-refractivity contribution in [3.05, 3.63) is 64.4 Å². The summed E-state index contributed by atoms with van der Waals surface area (Å²) in [6.07, 6.45) is 5.45. The number of carbonyl (C=O) groups excluding carboxylic acids is 1. The van der Waals surface area contributed by atoms with E-state index in [4.69, 9.17) is 4.98 Å². The molecule has 150 valence electrons. The second kappa shape index (κ2) is 8.82. The fourth-order valence-corrected chi connectivity index (χ4v) is 4.78. The minimum Gasteiger partial charge on any atom is -0.325 e. The third-order valence-electron chi connectivity index (χ3n) is 5.47. The van der Waals surface area contributed by atoms with Crippen LogP contribution in [0.5, 0.6) is 0 Å². The number of amides is 1. The van der Waals surface area contributed by atoms with Gasteiger partial charge in [0, 0.05) is 11.7 Å². The molecule has 1 amide bonds. The third kappa shape index (κ3) is 4.37. The van der Waals surface area contributed by atoms with Crippen LogP contribution in [0.4, 0.5) is 5.69 Å². The van der Waals surface area contributed by atoms with Crippen LogP contribution in [-0.4, -0.2) is 21.2 Å². The van der Waals surface area contributed by atoms with E-state index in [1.807, 2.05) is 60.0 Å². The van der Waals surface area contributed by atoms with Crippen LogP contribution in [0.25, 0.3) is 10.9 Å². The van der Waals surface area contributed by atoms with Crippen molar-refractivity contribution in [1.82, 2.24) is 9.55 Å². The molecule has 6 heteroatoms. The van der Waals surface area contributed by atoms with Crippen LogP contribution in [0.15, 0.2) is 58.5 Å². The highest BCUT2D eigenvalue weighted by atomic mass is 32.2. The van der Waals surface area contributed by atoms with Crippen LogP contribution in [0.2, 0.25) is 0 Å². The zero-order valence-electron chi connectivity index (χ0n) is 16.6. The number of carbonyl (C=O) groups is 1. The van der Waals surface area contributed by atoms with Gasteiger partial charge in [-0.05, 0) is 43.5 Å². The summed E-state index contributed by atoms with van der Waals surface area (Å²) in [5.41, 5.74) is 2.53. The van der Waals surface area contributed by atoms with Crippen molar-refractivity contribution in [3.63, 3.8) is 0 Å². The van der Waals surface area contributed by atoms with E-state index in [-0.39, 0.29) is 23.3 Å². The number of hydrogen-bond acceptors (Lipinski definition) is 4. The number of para-hydroxylation sites is 2. The van der Waals surface area contributed by atoms with Gasteiger partial charge < -0.3 is 5.32 Å². The normalized spacial score (nSPS) is 14.8. The van der Waals surface area contributed by atoms with Gasteiger partial charge >= 0.3 is 0 Å². The van der Waals surface area contributed by atoms with Gasteiger partial charge in [0.2, 0.25) is 5.91 Å². The van der Waals surface area contributed by atoms with E-state index >= 15 is 0 Å². The van der Waals surface area contributed by atoms with Gasteiger partial charge in [-0.15, -0.1) is 0 Å². The van der Waals surface area contributed by atoms with Crippen molar-refractivity contribution in [2.45, 2.75) is 50.2 Å². The molecule has 0 bridgehead atoms. The Morgan fingerprint density at radius 2 is 1.83 bits per heavy atom. The molecule has 0 atom stereocenters. The van der Waals surface area contributed by atoms with Crippen molar-refractivity contribution in [1.29, 1.82) is 0 Å². The Hall–Kier alpha value is -2.60. The van der Waals surface area contributed by atoms with Gasteiger partial charge in [0.1, 0.15) is 0 Å². The van der Waals surface area contributed by atoms with Crippen LogP contribution < -0.4 is 10.9 Å². The lowest BCUT2D eigenvalue weighted by atomic mass is 9.95. The third-order valence-corrected chi connectivity index (χ3v) is 6.42. The highest BCUT2D eigenvalue weighted by molar-refractivity contribution is 7.99. The van der Waals surface area contributed by atoms with Crippen molar-refractivity contribution in [2.75, 3.05) is 11.1 Å². The predicted octanol–water partition coefficient (Wildman–Crippen LogP) is 4.94. The molecule has 1 N–H and O–H groups in total. The Labute approximate surface area is 174 Å². The Morgan fingerprint density at radius 3 is 2.62 bits per heavy atom. The number of thioether (sulfide) groups is 1. The number of nitrogens with one attached hydrogen (secondary N) is 1. The molecule has 0 radical (unpaired) electrons. The average Bonchev–Trinajstić information content (AvgIpc) is 2.75. The molecule has 0 unspecified atom stereocenters. The molecule has 1 aliphatic rings. The maximum atomic E-state index is 13.2. The standard InChI is InChI=1S/C23H25N3O2S/c1-16-9-5-7-13-19(16)24-21(27)15-29-23-25-20-14-8-6-12-18(20)22(28)26(23)17-10-3-2-4-11-17/h5-9,12-14,17H,2-4,10-11,15H2,1H3,(H,24,27). The molecule has 4 rings (SSSR count). The Morgan fingerprint density at radius 1 is 1.10 bits per heavy atom. The van der Waals surface area contributed by atoms with Crippen molar-refractivity contribution in [2.24, 2.45) is 0 Å². The van der Waals surface area contributed by atoms with E-state index in [2.05, 4.69) is 5.32 Å². The number of aromatic nitrogens is 2. The quantitative estimate of drug-likeness (QED) is 0.481. The summed E-state index contributed by atoms with van der Waals surface area (Å²) in [5.74, 6) is 0.119. The Bertz CT molecular complexity index is 1090. The lowest BCUT2D eigenvalue weighted by molar-refractivity contribution is -0.113. The van der Waals surface area contributed by atoms with E-state index in [0.717, 1.165) is 36.9 Å². The lowest BCUT2D eigenvalue weighted by Gasteiger charge is -2.26. The molecule has 1 heterocycles. The van der Waals surface area contributed by atoms with Gasteiger partial charge in [0.25, 0.3) is 5.56 Å². The van der Waals surface area contributed by atoms with Crippen LogP contribution in [0.3, 0.4) is 0 Å². The number of rotatable bonds is 5. The number of hydrogen-bond donors (Lipinski definition) is 1. The summed E-state index contributed by atoms with van der Waals surface area (Å²) in [7, 11) is 0. The number of fused-ring (bicyclic) bond motifs is 1. The van der Waals surface area contributed by atoms with Gasteiger partial charge in [-0.3, -0.25) is 14.2 Å². The molecule has 2 aromatic carbocycles. The molecule has 29 heavy (non-hydrogen) atoms.